The Bertz CT molecular complexity index is 1350. The van der Waals surface area contributed by atoms with Gasteiger partial charge in [0.25, 0.3) is 0 Å². The smallest absolute Gasteiger partial charge is 0.112 e. The predicted molar refractivity (Wildman–Crippen MR) is 170 cm³/mol. The van der Waals surface area contributed by atoms with Crippen LogP contribution in [-0.2, 0) is 5.41 Å². The SMILES string of the molecule is CCCCCCCCC1(CCCCCCCC)c2ccccc2-c2ccc(-c3ccc(C)c4nsnc34)cc21. The molecule has 1 heterocycles. The number of aromatic nitrogens is 2. The standard InChI is InChI=1S/C36H46N2S/c1-4-6-8-10-12-16-24-36(25-17-13-11-9-7-5-2)32-19-15-14-18-30(32)31-23-21-28(26-33(31)36)29-22-20-27(3)34-35(29)38-39-37-34/h14-15,18-23,26H,4-13,16-17,24-25H2,1-3H3. The van der Waals surface area contributed by atoms with Crippen molar-refractivity contribution in [1.29, 1.82) is 0 Å². The van der Waals surface area contributed by atoms with Crippen molar-refractivity contribution in [2.45, 2.75) is 116 Å². The lowest BCUT2D eigenvalue weighted by molar-refractivity contribution is 0.398. The first-order chi connectivity index (χ1) is 19.2. The highest BCUT2D eigenvalue weighted by molar-refractivity contribution is 7.00. The number of fused-ring (bicyclic) bond motifs is 4. The molecule has 39 heavy (non-hydrogen) atoms. The Labute approximate surface area is 240 Å². The van der Waals surface area contributed by atoms with Gasteiger partial charge in [-0.1, -0.05) is 139 Å². The highest BCUT2D eigenvalue weighted by atomic mass is 32.1. The zero-order valence-electron chi connectivity index (χ0n) is 24.4. The lowest BCUT2D eigenvalue weighted by atomic mass is 9.70. The first kappa shape index (κ1) is 28.0. The van der Waals surface area contributed by atoms with E-state index in [1.54, 1.807) is 11.1 Å². The van der Waals surface area contributed by atoms with Crippen molar-refractivity contribution in [2.24, 2.45) is 0 Å². The Morgan fingerprint density at radius 1 is 0.590 bits per heavy atom. The second-order valence-electron chi connectivity index (χ2n) is 11.8. The van der Waals surface area contributed by atoms with E-state index in [2.05, 4.69) is 79.7 Å². The predicted octanol–water partition coefficient (Wildman–Crippen LogP) is 11.4. The van der Waals surface area contributed by atoms with Crippen LogP contribution < -0.4 is 0 Å². The molecule has 0 spiro atoms. The summed E-state index contributed by atoms with van der Waals surface area (Å²) in [6.07, 6.45) is 18.7. The van der Waals surface area contributed by atoms with Crippen molar-refractivity contribution in [3.8, 4) is 22.3 Å². The molecule has 0 aliphatic heterocycles. The molecule has 5 rings (SSSR count). The zero-order chi connectivity index (χ0) is 27.1. The molecule has 0 atom stereocenters. The molecule has 1 aliphatic carbocycles. The number of unbranched alkanes of at least 4 members (excludes halogenated alkanes) is 10. The van der Waals surface area contributed by atoms with Crippen LogP contribution in [0.5, 0.6) is 0 Å². The number of nitrogens with zero attached hydrogens (tertiary/aromatic N) is 2. The van der Waals surface area contributed by atoms with Crippen LogP contribution in [0, 0.1) is 6.92 Å². The van der Waals surface area contributed by atoms with Gasteiger partial charge in [-0.25, -0.2) is 0 Å². The fraction of sp³-hybridized carbons (Fsp3) is 0.500. The molecule has 4 aromatic rings. The fourth-order valence-corrected chi connectivity index (χ4v) is 7.54. The number of rotatable bonds is 15. The van der Waals surface area contributed by atoms with E-state index in [1.165, 1.54) is 129 Å². The van der Waals surface area contributed by atoms with E-state index < -0.39 is 0 Å². The van der Waals surface area contributed by atoms with Gasteiger partial charge in [-0.2, -0.15) is 8.75 Å². The summed E-state index contributed by atoms with van der Waals surface area (Å²) in [5, 5.41) is 0. The molecule has 0 radical (unpaired) electrons. The van der Waals surface area contributed by atoms with Crippen molar-refractivity contribution >= 4 is 22.8 Å². The second-order valence-corrected chi connectivity index (χ2v) is 12.3. The van der Waals surface area contributed by atoms with Crippen molar-refractivity contribution in [3.63, 3.8) is 0 Å². The van der Waals surface area contributed by atoms with Gasteiger partial charge in [0.15, 0.2) is 0 Å². The molecule has 1 aromatic heterocycles. The average Bonchev–Trinajstić information content (AvgIpc) is 3.56. The lowest BCUT2D eigenvalue weighted by Gasteiger charge is -2.33. The fourth-order valence-electron chi connectivity index (χ4n) is 6.92. The van der Waals surface area contributed by atoms with Crippen LogP contribution in [0.2, 0.25) is 0 Å². The molecule has 0 amide bonds. The monoisotopic (exact) mass is 538 g/mol. The third-order valence-corrected chi connectivity index (χ3v) is 9.64. The maximum absolute atomic E-state index is 4.73. The quantitative estimate of drug-likeness (QED) is 0.141. The third-order valence-electron chi connectivity index (χ3n) is 9.11. The van der Waals surface area contributed by atoms with Gasteiger partial charge in [0, 0.05) is 11.0 Å². The summed E-state index contributed by atoms with van der Waals surface area (Å²) in [5.74, 6) is 0. The number of hydrogen-bond donors (Lipinski definition) is 0. The molecule has 0 bridgehead atoms. The molecule has 3 aromatic carbocycles. The molecular formula is C36H46N2S. The second kappa shape index (κ2) is 13.2. The van der Waals surface area contributed by atoms with Gasteiger partial charge < -0.3 is 0 Å². The van der Waals surface area contributed by atoms with Gasteiger partial charge in [-0.05, 0) is 59.2 Å². The summed E-state index contributed by atoms with van der Waals surface area (Å²) in [6.45, 7) is 6.75. The molecule has 0 unspecified atom stereocenters. The summed E-state index contributed by atoms with van der Waals surface area (Å²) in [4.78, 5) is 0. The highest BCUT2D eigenvalue weighted by Gasteiger charge is 2.42. The van der Waals surface area contributed by atoms with Crippen LogP contribution in [-0.4, -0.2) is 8.75 Å². The molecule has 1 aliphatic rings. The maximum Gasteiger partial charge on any atom is 0.112 e. The largest absolute Gasteiger partial charge is 0.173 e. The summed E-state index contributed by atoms with van der Waals surface area (Å²) < 4.78 is 9.34. The Balaban J connectivity index is 1.52. The maximum atomic E-state index is 4.73. The Morgan fingerprint density at radius 2 is 1.18 bits per heavy atom. The average molecular weight is 539 g/mol. The molecule has 2 nitrogen and oxygen atoms in total. The zero-order valence-corrected chi connectivity index (χ0v) is 25.2. The topological polar surface area (TPSA) is 25.8 Å². The van der Waals surface area contributed by atoms with Crippen LogP contribution in [0.25, 0.3) is 33.3 Å². The molecule has 0 saturated heterocycles. The highest BCUT2D eigenvalue weighted by Crippen LogP contribution is 2.55. The minimum atomic E-state index is 0.113. The molecule has 3 heteroatoms. The summed E-state index contributed by atoms with van der Waals surface area (Å²) in [5.41, 5.74) is 12.0. The minimum Gasteiger partial charge on any atom is -0.173 e. The summed E-state index contributed by atoms with van der Waals surface area (Å²) in [7, 11) is 0. The van der Waals surface area contributed by atoms with Gasteiger partial charge in [0.05, 0.1) is 11.7 Å². The molecule has 0 fully saturated rings. The van der Waals surface area contributed by atoms with E-state index in [-0.39, 0.29) is 5.41 Å². The van der Waals surface area contributed by atoms with Crippen molar-refractivity contribution in [2.75, 3.05) is 0 Å². The number of benzene rings is 3. The Morgan fingerprint density at radius 3 is 1.90 bits per heavy atom. The normalized spacial score (nSPS) is 13.6. The Hall–Kier alpha value is -2.52. The molecule has 0 saturated carbocycles. The molecule has 0 N–H and O–H groups in total. The van der Waals surface area contributed by atoms with E-state index in [0.717, 1.165) is 11.0 Å². The van der Waals surface area contributed by atoms with Crippen molar-refractivity contribution in [3.05, 3.63) is 71.3 Å². The van der Waals surface area contributed by atoms with Gasteiger partial charge in [-0.3, -0.25) is 0 Å². The summed E-state index contributed by atoms with van der Waals surface area (Å²) in [6, 6.07) is 21.0. The van der Waals surface area contributed by atoms with E-state index in [4.69, 9.17) is 4.37 Å². The van der Waals surface area contributed by atoms with E-state index in [9.17, 15) is 0 Å². The molecular weight excluding hydrogens is 492 g/mol. The number of hydrogen-bond acceptors (Lipinski definition) is 3. The van der Waals surface area contributed by atoms with E-state index >= 15 is 0 Å². The van der Waals surface area contributed by atoms with Gasteiger partial charge >= 0.3 is 0 Å². The number of aryl methyl sites for hydroxylation is 1. The van der Waals surface area contributed by atoms with Crippen LogP contribution >= 0.6 is 11.7 Å². The van der Waals surface area contributed by atoms with Gasteiger partial charge in [-0.15, -0.1) is 0 Å². The Kier molecular flexibility index (Phi) is 9.50. The van der Waals surface area contributed by atoms with Gasteiger partial charge in [0.2, 0.25) is 0 Å². The van der Waals surface area contributed by atoms with Crippen molar-refractivity contribution < 1.29 is 0 Å². The van der Waals surface area contributed by atoms with Crippen LogP contribution in [0.4, 0.5) is 0 Å². The molecule has 206 valence electrons. The summed E-state index contributed by atoms with van der Waals surface area (Å²) >= 11 is 1.33. The van der Waals surface area contributed by atoms with E-state index in [1.807, 2.05) is 0 Å². The van der Waals surface area contributed by atoms with Crippen molar-refractivity contribution in [1.82, 2.24) is 8.75 Å². The van der Waals surface area contributed by atoms with Crippen LogP contribution in [0.15, 0.2) is 54.6 Å². The lowest BCUT2D eigenvalue weighted by Crippen LogP contribution is -2.25. The van der Waals surface area contributed by atoms with Gasteiger partial charge in [0.1, 0.15) is 11.0 Å². The minimum absolute atomic E-state index is 0.113. The first-order valence-corrected chi connectivity index (χ1v) is 16.4. The first-order valence-electron chi connectivity index (χ1n) is 15.7. The van der Waals surface area contributed by atoms with E-state index in [0.29, 0.717) is 0 Å². The van der Waals surface area contributed by atoms with Crippen LogP contribution in [0.3, 0.4) is 0 Å². The third kappa shape index (κ3) is 5.85. The van der Waals surface area contributed by atoms with Crippen LogP contribution in [0.1, 0.15) is 120 Å².